The van der Waals surface area contributed by atoms with E-state index in [1.165, 1.54) is 27.8 Å². The Bertz CT molecular complexity index is 2200. The van der Waals surface area contributed by atoms with Gasteiger partial charge in [0.15, 0.2) is 13.6 Å². The van der Waals surface area contributed by atoms with E-state index in [0.29, 0.717) is 30.3 Å². The van der Waals surface area contributed by atoms with Crippen LogP contribution in [0.15, 0.2) is 182 Å². The van der Waals surface area contributed by atoms with Gasteiger partial charge in [-0.3, -0.25) is 9.34 Å². The zero-order chi connectivity index (χ0) is 46.0. The number of hydrogen-bond acceptors (Lipinski definition) is 8. The van der Waals surface area contributed by atoms with E-state index in [-0.39, 0.29) is 18.7 Å². The Morgan fingerprint density at radius 3 is 1.34 bits per heavy atom. The highest BCUT2D eigenvalue weighted by molar-refractivity contribution is 7.80. The molecule has 0 aromatic heterocycles. The molecule has 6 aromatic rings. The number of para-hydroxylation sites is 1. The maximum Gasteiger partial charge on any atom is 0.188 e. The zero-order valence-electron chi connectivity index (χ0n) is 37.6. The summed E-state index contributed by atoms with van der Waals surface area (Å²) in [6.45, 7) is 1.44. The number of aliphatic hydroxyl groups excluding tert-OH is 1. The summed E-state index contributed by atoms with van der Waals surface area (Å²) in [6, 6.07) is 63.8. The fraction of sp³-hybridized carbons (Fsp3) is 0.269. The number of nitrogens with one attached hydrogen (secondary N) is 2. The molecular formula is C52H61ClN6O2P2S2. The molecule has 2 heterocycles. The number of hydrogen-bond donors (Lipinski definition) is 3. The van der Waals surface area contributed by atoms with Crippen LogP contribution in [0.2, 0.25) is 0 Å². The van der Waals surface area contributed by atoms with Crippen molar-refractivity contribution >= 4 is 67.4 Å². The Morgan fingerprint density at radius 2 is 0.938 bits per heavy atom. The maximum absolute atomic E-state index is 8.62. The summed E-state index contributed by atoms with van der Waals surface area (Å²) in [5.74, 6) is 0. The molecule has 0 saturated carbocycles. The number of nitrogens with zero attached hydrogens (tertiary/aromatic N) is 4. The second-order valence-electron chi connectivity index (χ2n) is 15.8. The highest BCUT2D eigenvalue weighted by atomic mass is 35.7. The molecule has 0 radical (unpaired) electrons. The molecule has 4 atom stereocenters. The van der Waals surface area contributed by atoms with Gasteiger partial charge in [0.05, 0.1) is 30.8 Å². The molecule has 2 saturated heterocycles. The lowest BCUT2D eigenvalue weighted by molar-refractivity contribution is 0.291. The second-order valence-corrected chi connectivity index (χ2v) is 21.5. The fourth-order valence-corrected chi connectivity index (χ4v) is 12.7. The summed E-state index contributed by atoms with van der Waals surface area (Å²) in [4.78, 5) is 1.03. The highest BCUT2D eigenvalue weighted by Gasteiger charge is 2.46. The molecule has 2 aliphatic rings. The first-order chi connectivity index (χ1) is 31.7. The van der Waals surface area contributed by atoms with Gasteiger partial charge in [-0.05, 0) is 98.1 Å². The van der Waals surface area contributed by atoms with Crippen LogP contribution >= 0.6 is 51.7 Å². The predicted molar refractivity (Wildman–Crippen MR) is 283 cm³/mol. The van der Waals surface area contributed by atoms with Crippen molar-refractivity contribution in [1.29, 1.82) is 0 Å². The largest absolute Gasteiger partial charge is 0.396 e. The van der Waals surface area contributed by atoms with Gasteiger partial charge in [-0.1, -0.05) is 193 Å². The van der Waals surface area contributed by atoms with E-state index in [2.05, 4.69) is 191 Å². The molecule has 340 valence electrons. The zero-order valence-corrected chi connectivity index (χ0v) is 41.8. The summed E-state index contributed by atoms with van der Waals surface area (Å²) in [6.07, 6.45) is 2.49. The minimum atomic E-state index is -0.909. The SMILES string of the molecule is CN1[C@H](c2ccccc2)[C@@H](c2ccccc2)N(C)P1Cl.CN1[C@H](c2ccccc2)[C@@H](c2ccccc2)N(C)P1OCCNC(=S)Nc1ccccc1.OCCCC(=S)Cc1ccccc1. The molecular weight excluding hydrogens is 902 g/mol. The second kappa shape index (κ2) is 26.4. The van der Waals surface area contributed by atoms with E-state index >= 15 is 0 Å². The van der Waals surface area contributed by atoms with Gasteiger partial charge in [-0.15, -0.1) is 0 Å². The number of rotatable bonds is 14. The third kappa shape index (κ3) is 14.3. The first kappa shape index (κ1) is 50.4. The van der Waals surface area contributed by atoms with Crippen LogP contribution in [-0.4, -0.2) is 81.7 Å². The molecule has 0 bridgehead atoms. The number of thiocarbonyl (C=S) groups is 2. The first-order valence-electron chi connectivity index (χ1n) is 21.9. The van der Waals surface area contributed by atoms with Crippen molar-refractivity contribution < 1.29 is 9.63 Å². The van der Waals surface area contributed by atoms with E-state index in [0.717, 1.165) is 29.8 Å². The van der Waals surface area contributed by atoms with Crippen molar-refractivity contribution in [3.63, 3.8) is 0 Å². The molecule has 0 unspecified atom stereocenters. The Balaban J connectivity index is 0.000000180. The van der Waals surface area contributed by atoms with Gasteiger partial charge in [-0.25, -0.2) is 9.34 Å². The number of benzene rings is 6. The minimum absolute atomic E-state index is 0.225. The molecule has 0 aliphatic carbocycles. The van der Waals surface area contributed by atoms with Crippen LogP contribution in [0.5, 0.6) is 0 Å². The molecule has 13 heteroatoms. The summed E-state index contributed by atoms with van der Waals surface area (Å²) in [7, 11) is 6.89. The van der Waals surface area contributed by atoms with Gasteiger partial charge >= 0.3 is 0 Å². The molecule has 0 spiro atoms. The Labute approximate surface area is 405 Å². The van der Waals surface area contributed by atoms with Crippen molar-refractivity contribution in [2.75, 3.05) is 53.3 Å². The van der Waals surface area contributed by atoms with E-state index in [1.807, 2.05) is 48.5 Å². The lowest BCUT2D eigenvalue weighted by atomic mass is 9.93. The van der Waals surface area contributed by atoms with Crippen molar-refractivity contribution in [2.45, 2.75) is 43.4 Å². The molecule has 8 rings (SSSR count). The summed E-state index contributed by atoms with van der Waals surface area (Å²) < 4.78 is 15.7. The number of halogens is 1. The lowest BCUT2D eigenvalue weighted by Crippen LogP contribution is -2.31. The summed E-state index contributed by atoms with van der Waals surface area (Å²) >= 11 is 17.2. The topological polar surface area (TPSA) is 66.5 Å². The Morgan fingerprint density at radius 1 is 0.569 bits per heavy atom. The highest BCUT2D eigenvalue weighted by Crippen LogP contribution is 2.65. The van der Waals surface area contributed by atoms with Gasteiger partial charge in [0.25, 0.3) is 0 Å². The van der Waals surface area contributed by atoms with Crippen LogP contribution in [0.3, 0.4) is 0 Å². The number of aliphatic hydroxyl groups is 1. The third-order valence-corrected chi connectivity index (χ3v) is 16.9. The van der Waals surface area contributed by atoms with E-state index < -0.39 is 16.0 Å². The molecule has 8 nitrogen and oxygen atoms in total. The first-order valence-corrected chi connectivity index (χ1v) is 26.1. The van der Waals surface area contributed by atoms with Crippen LogP contribution in [0.4, 0.5) is 5.69 Å². The molecule has 6 aromatic carbocycles. The average molecular weight is 964 g/mol. The molecule has 65 heavy (non-hydrogen) atoms. The average Bonchev–Trinajstić information content (AvgIpc) is 3.73. The summed E-state index contributed by atoms with van der Waals surface area (Å²) in [5.41, 5.74) is 7.47. The van der Waals surface area contributed by atoms with Gasteiger partial charge in [0, 0.05) is 25.3 Å². The van der Waals surface area contributed by atoms with Gasteiger partial charge in [0.1, 0.15) is 7.58 Å². The minimum Gasteiger partial charge on any atom is -0.396 e. The van der Waals surface area contributed by atoms with Crippen LogP contribution in [-0.2, 0) is 10.9 Å². The molecule has 3 N–H and O–H groups in total. The van der Waals surface area contributed by atoms with Crippen LogP contribution in [0, 0.1) is 0 Å². The number of anilines is 1. The molecule has 2 aliphatic heterocycles. The van der Waals surface area contributed by atoms with Crippen molar-refractivity contribution in [3.05, 3.63) is 210 Å². The quantitative estimate of drug-likeness (QED) is 0.0559. The van der Waals surface area contributed by atoms with E-state index in [4.69, 9.17) is 45.3 Å². The predicted octanol–water partition coefficient (Wildman–Crippen LogP) is 12.8. The van der Waals surface area contributed by atoms with Gasteiger partial charge in [-0.2, -0.15) is 0 Å². The smallest absolute Gasteiger partial charge is 0.188 e. The van der Waals surface area contributed by atoms with Crippen LogP contribution < -0.4 is 10.6 Å². The van der Waals surface area contributed by atoms with Gasteiger partial charge in [0.2, 0.25) is 0 Å². The van der Waals surface area contributed by atoms with E-state index in [9.17, 15) is 0 Å². The molecule has 2 fully saturated rings. The number of likely N-dealkylation sites (N-methyl/N-ethyl adjacent to an activating group) is 4. The monoisotopic (exact) mass is 962 g/mol. The van der Waals surface area contributed by atoms with Crippen LogP contribution in [0.1, 0.15) is 64.8 Å². The molecule has 0 amide bonds. The van der Waals surface area contributed by atoms with Gasteiger partial charge < -0.3 is 20.3 Å². The van der Waals surface area contributed by atoms with Crippen molar-refractivity contribution in [3.8, 4) is 0 Å². The lowest BCUT2D eigenvalue weighted by Gasteiger charge is -2.26. The standard InChI is InChI=1S/C25H29N4OPS.C16H18ClN2P.C11H14OS/c1-28-23(20-12-6-3-7-13-20)24(21-14-8-4-9-15-21)29(2)31(28)30-19-18-26-25(32)27-22-16-10-5-11-17-22;1-18-15(13-9-5-3-6-10-13)16(19(2)20(18)17)14-11-7-4-8-12-14;12-8-4-7-11(13)9-10-5-2-1-3-6-10/h3-17,23-24H,18-19H2,1-2H3,(H2,26,27,32);3-12,15-16H,1-2H3;1-3,5-6,12H,4,7-9H2/t23-,24-;15-,16-;/m11./s1. The Kier molecular flexibility index (Phi) is 20.5. The van der Waals surface area contributed by atoms with Crippen molar-refractivity contribution in [1.82, 2.24) is 24.0 Å². The fourth-order valence-electron chi connectivity index (χ4n) is 8.23. The van der Waals surface area contributed by atoms with Crippen LogP contribution in [0.25, 0.3) is 0 Å². The van der Waals surface area contributed by atoms with E-state index in [1.54, 1.807) is 0 Å². The maximum atomic E-state index is 8.62. The normalized spacial score (nSPS) is 19.4. The third-order valence-electron chi connectivity index (χ3n) is 11.3. The van der Waals surface area contributed by atoms with Crippen molar-refractivity contribution in [2.24, 2.45) is 0 Å². The summed E-state index contributed by atoms with van der Waals surface area (Å²) in [5, 5.41) is 15.7. The Hall–Kier alpha value is -3.99.